The zero-order valence-corrected chi connectivity index (χ0v) is 20.9. The molecule has 3 N–H and O–H groups in total. The highest BCUT2D eigenvalue weighted by atomic mass is 32.2. The molecule has 0 radical (unpaired) electrons. The predicted molar refractivity (Wildman–Crippen MR) is 129 cm³/mol. The minimum atomic E-state index is -4.27. The minimum Gasteiger partial charge on any atom is -0.391 e. The number of hydrogen-bond donors (Lipinski definition) is 3. The number of rotatable bonds is 22. The minimum absolute atomic E-state index is 0.255. The monoisotopic (exact) mass is 463 g/mol. The Morgan fingerprint density at radius 1 is 0.742 bits per heavy atom. The van der Waals surface area contributed by atoms with Crippen molar-refractivity contribution in [3.05, 3.63) is 0 Å². The molecule has 0 aliphatic carbocycles. The molecular weight excluding hydrogens is 414 g/mol. The van der Waals surface area contributed by atoms with Crippen LogP contribution in [0.4, 0.5) is 0 Å². The van der Waals surface area contributed by atoms with Crippen LogP contribution in [0.3, 0.4) is 0 Å². The van der Waals surface area contributed by atoms with Crippen molar-refractivity contribution < 1.29 is 22.9 Å². The Kier molecular flexibility index (Phi) is 19.6. The molecule has 0 aromatic carbocycles. The zero-order chi connectivity index (χ0) is 23.4. The Hall–Kier alpha value is -0.660. The molecule has 2 unspecified atom stereocenters. The third kappa shape index (κ3) is 21.0. The number of nitrogens with one attached hydrogen (secondary N) is 1. The quantitative estimate of drug-likeness (QED) is 0.139. The number of amides is 1. The van der Waals surface area contributed by atoms with Crippen LogP contribution in [0.5, 0.6) is 0 Å². The van der Waals surface area contributed by atoms with Crippen LogP contribution in [0, 0.1) is 0 Å². The molecule has 0 bridgehead atoms. The maximum atomic E-state index is 12.2. The SMILES string of the molecule is CCCCCCCCCCCCCC(=O)NC(CS(=O)(=O)O)C(O)CCCCCCC. The van der Waals surface area contributed by atoms with Crippen molar-refractivity contribution in [2.24, 2.45) is 0 Å². The number of aliphatic hydroxyl groups excluding tert-OH is 1. The summed E-state index contributed by atoms with van der Waals surface area (Å²) in [6.45, 7) is 4.36. The van der Waals surface area contributed by atoms with Gasteiger partial charge in [0, 0.05) is 6.42 Å². The first-order valence-electron chi connectivity index (χ1n) is 12.7. The van der Waals surface area contributed by atoms with E-state index in [0.29, 0.717) is 12.8 Å². The summed E-state index contributed by atoms with van der Waals surface area (Å²) in [5.41, 5.74) is 0. The number of carbonyl (C=O) groups is 1. The molecule has 0 rings (SSSR count). The second-order valence-corrected chi connectivity index (χ2v) is 10.5. The van der Waals surface area contributed by atoms with Gasteiger partial charge in [-0.3, -0.25) is 9.35 Å². The average molecular weight is 464 g/mol. The van der Waals surface area contributed by atoms with Gasteiger partial charge in [-0.15, -0.1) is 0 Å². The molecule has 1 amide bonds. The summed E-state index contributed by atoms with van der Waals surface area (Å²) in [5, 5.41) is 13.0. The average Bonchev–Trinajstić information content (AvgIpc) is 2.70. The molecular formula is C24H49NO5S. The molecule has 0 spiro atoms. The smallest absolute Gasteiger partial charge is 0.266 e. The molecule has 6 nitrogen and oxygen atoms in total. The Morgan fingerprint density at radius 2 is 1.16 bits per heavy atom. The molecule has 2 atom stereocenters. The van der Waals surface area contributed by atoms with E-state index < -0.39 is 28.0 Å². The standard InChI is InChI=1S/C24H49NO5S/c1-3-5-7-9-10-11-12-13-14-16-18-20-24(27)25-22(21-31(28,29)30)23(26)19-17-15-8-6-4-2/h22-23,26H,3-21H2,1-2H3,(H,25,27)(H,28,29,30). The van der Waals surface area contributed by atoms with Crippen molar-refractivity contribution in [3.63, 3.8) is 0 Å². The Morgan fingerprint density at radius 3 is 1.61 bits per heavy atom. The van der Waals surface area contributed by atoms with Crippen molar-refractivity contribution >= 4 is 16.0 Å². The maximum Gasteiger partial charge on any atom is 0.266 e. The van der Waals surface area contributed by atoms with Gasteiger partial charge in [-0.05, 0) is 12.8 Å². The second-order valence-electron chi connectivity index (χ2n) is 8.98. The van der Waals surface area contributed by atoms with E-state index in [-0.39, 0.29) is 5.91 Å². The lowest BCUT2D eigenvalue weighted by Crippen LogP contribution is -2.47. The van der Waals surface area contributed by atoms with E-state index in [2.05, 4.69) is 19.2 Å². The molecule has 0 aromatic heterocycles. The summed E-state index contributed by atoms with van der Waals surface area (Å²) in [4.78, 5) is 12.2. The number of carbonyl (C=O) groups excluding carboxylic acids is 1. The van der Waals surface area contributed by atoms with Crippen molar-refractivity contribution in [1.82, 2.24) is 5.32 Å². The number of aliphatic hydroxyl groups is 1. The normalized spacial score (nSPS) is 13.8. The van der Waals surface area contributed by atoms with Crippen LogP contribution in [0.1, 0.15) is 129 Å². The van der Waals surface area contributed by atoms with Crippen LogP contribution >= 0.6 is 0 Å². The highest BCUT2D eigenvalue weighted by molar-refractivity contribution is 7.85. The zero-order valence-electron chi connectivity index (χ0n) is 20.1. The molecule has 186 valence electrons. The summed E-state index contributed by atoms with van der Waals surface area (Å²) in [6.07, 6.45) is 18.1. The van der Waals surface area contributed by atoms with Crippen molar-refractivity contribution in [2.45, 2.75) is 142 Å². The van der Waals surface area contributed by atoms with Gasteiger partial charge in [0.2, 0.25) is 5.91 Å². The van der Waals surface area contributed by atoms with Crippen molar-refractivity contribution in [3.8, 4) is 0 Å². The lowest BCUT2D eigenvalue weighted by Gasteiger charge is -2.23. The highest BCUT2D eigenvalue weighted by Crippen LogP contribution is 2.13. The highest BCUT2D eigenvalue weighted by Gasteiger charge is 2.25. The summed E-state index contributed by atoms with van der Waals surface area (Å²) in [7, 11) is -4.27. The number of unbranched alkanes of at least 4 members (excludes halogenated alkanes) is 14. The topological polar surface area (TPSA) is 104 Å². The van der Waals surface area contributed by atoms with E-state index in [4.69, 9.17) is 0 Å². The molecule has 0 aliphatic rings. The fraction of sp³-hybridized carbons (Fsp3) is 0.958. The Balaban J connectivity index is 4.03. The van der Waals surface area contributed by atoms with E-state index in [1.807, 2.05) is 0 Å². The van der Waals surface area contributed by atoms with Gasteiger partial charge in [-0.1, -0.05) is 110 Å². The van der Waals surface area contributed by atoms with E-state index >= 15 is 0 Å². The summed E-state index contributed by atoms with van der Waals surface area (Å²) in [5.74, 6) is -0.901. The van der Waals surface area contributed by atoms with Crippen LogP contribution in [0.2, 0.25) is 0 Å². The predicted octanol–water partition coefficient (Wildman–Crippen LogP) is 5.78. The first-order valence-corrected chi connectivity index (χ1v) is 14.3. The van der Waals surface area contributed by atoms with Gasteiger partial charge < -0.3 is 10.4 Å². The fourth-order valence-corrected chi connectivity index (χ4v) is 4.62. The van der Waals surface area contributed by atoms with Gasteiger partial charge in [0.05, 0.1) is 17.9 Å². The van der Waals surface area contributed by atoms with Crippen LogP contribution in [0.15, 0.2) is 0 Å². The molecule has 0 fully saturated rings. The lowest BCUT2D eigenvalue weighted by molar-refractivity contribution is -0.122. The Labute approximate surface area is 191 Å². The molecule has 7 heteroatoms. The van der Waals surface area contributed by atoms with Crippen molar-refractivity contribution in [2.75, 3.05) is 5.75 Å². The van der Waals surface area contributed by atoms with Gasteiger partial charge in [0.25, 0.3) is 10.1 Å². The molecule has 31 heavy (non-hydrogen) atoms. The summed E-state index contributed by atoms with van der Waals surface area (Å²) < 4.78 is 31.8. The third-order valence-corrected chi connectivity index (χ3v) is 6.59. The summed E-state index contributed by atoms with van der Waals surface area (Å²) >= 11 is 0. The van der Waals surface area contributed by atoms with Gasteiger partial charge in [0.15, 0.2) is 0 Å². The van der Waals surface area contributed by atoms with E-state index in [0.717, 1.165) is 51.4 Å². The van der Waals surface area contributed by atoms with Gasteiger partial charge in [0.1, 0.15) is 0 Å². The summed E-state index contributed by atoms with van der Waals surface area (Å²) in [6, 6.07) is -0.957. The molecule has 0 saturated heterocycles. The lowest BCUT2D eigenvalue weighted by atomic mass is 10.0. The first-order chi connectivity index (χ1) is 14.8. The van der Waals surface area contributed by atoms with Crippen molar-refractivity contribution in [1.29, 1.82) is 0 Å². The van der Waals surface area contributed by atoms with Crippen LogP contribution < -0.4 is 5.32 Å². The second kappa shape index (κ2) is 20.0. The van der Waals surface area contributed by atoms with E-state index in [1.165, 1.54) is 51.4 Å². The van der Waals surface area contributed by atoms with Crippen LogP contribution in [-0.2, 0) is 14.9 Å². The molecule has 0 aromatic rings. The first kappa shape index (κ1) is 30.3. The molecule has 0 aliphatic heterocycles. The van der Waals surface area contributed by atoms with E-state index in [1.54, 1.807) is 0 Å². The van der Waals surface area contributed by atoms with Gasteiger partial charge >= 0.3 is 0 Å². The fourth-order valence-electron chi connectivity index (χ4n) is 3.86. The molecule has 0 heterocycles. The molecule has 0 saturated carbocycles. The Bertz CT molecular complexity index is 524. The maximum absolute atomic E-state index is 12.2. The van der Waals surface area contributed by atoms with Crippen LogP contribution in [-0.4, -0.2) is 41.9 Å². The van der Waals surface area contributed by atoms with E-state index in [9.17, 15) is 22.9 Å². The largest absolute Gasteiger partial charge is 0.391 e. The number of hydrogen-bond acceptors (Lipinski definition) is 4. The third-order valence-electron chi connectivity index (χ3n) is 5.81. The van der Waals surface area contributed by atoms with Crippen LogP contribution in [0.25, 0.3) is 0 Å². The van der Waals surface area contributed by atoms with Gasteiger partial charge in [-0.2, -0.15) is 8.42 Å². The van der Waals surface area contributed by atoms with Gasteiger partial charge in [-0.25, -0.2) is 0 Å².